The zero-order valence-electron chi connectivity index (χ0n) is 9.99. The first kappa shape index (κ1) is 11.4. The van der Waals surface area contributed by atoms with Gasteiger partial charge in [-0.3, -0.25) is 4.98 Å². The molecule has 1 aromatic rings. The van der Waals surface area contributed by atoms with Gasteiger partial charge in [0.2, 0.25) is 0 Å². The minimum Gasteiger partial charge on any atom is -0.317 e. The van der Waals surface area contributed by atoms with E-state index in [9.17, 15) is 4.79 Å². The molecule has 2 rings (SSSR count). The van der Waals surface area contributed by atoms with Crippen LogP contribution in [-0.4, -0.2) is 27.9 Å². The fourth-order valence-corrected chi connectivity index (χ4v) is 2.07. The Kier molecular flexibility index (Phi) is 3.43. The van der Waals surface area contributed by atoms with Crippen LogP contribution in [0.2, 0.25) is 0 Å². The van der Waals surface area contributed by atoms with Gasteiger partial charge >= 0.3 is 5.69 Å². The van der Waals surface area contributed by atoms with E-state index in [0.29, 0.717) is 5.92 Å². The molecule has 1 aliphatic rings. The van der Waals surface area contributed by atoms with Crippen molar-refractivity contribution in [3.63, 3.8) is 0 Å². The number of nitrogens with zero attached hydrogens (tertiary/aromatic N) is 2. The summed E-state index contributed by atoms with van der Waals surface area (Å²) in [5.74, 6) is 1.66. The highest BCUT2D eigenvalue weighted by atomic mass is 16.1. The monoisotopic (exact) mass is 224 g/mol. The normalized spacial score (nSPS) is 18.2. The molecule has 0 aromatic carbocycles. The van der Waals surface area contributed by atoms with Gasteiger partial charge in [-0.15, -0.1) is 0 Å². The number of aromatic amines is 1. The van der Waals surface area contributed by atoms with E-state index < -0.39 is 0 Å². The van der Waals surface area contributed by atoms with Gasteiger partial charge in [-0.05, 0) is 31.8 Å². The molecule has 0 saturated carbocycles. The van der Waals surface area contributed by atoms with Crippen LogP contribution in [-0.2, 0) is 6.54 Å². The van der Waals surface area contributed by atoms with Crippen molar-refractivity contribution in [1.29, 1.82) is 0 Å². The van der Waals surface area contributed by atoms with Crippen LogP contribution in [0.1, 0.15) is 38.4 Å². The van der Waals surface area contributed by atoms with Crippen LogP contribution in [0.25, 0.3) is 0 Å². The predicted octanol–water partition coefficient (Wildman–Crippen LogP) is 0.694. The second-order valence-electron chi connectivity index (χ2n) is 4.85. The van der Waals surface area contributed by atoms with Crippen molar-refractivity contribution in [2.45, 2.75) is 39.2 Å². The van der Waals surface area contributed by atoms with Gasteiger partial charge in [0, 0.05) is 12.5 Å². The van der Waals surface area contributed by atoms with Gasteiger partial charge < -0.3 is 5.32 Å². The molecule has 0 aliphatic carbocycles. The number of hydrogen-bond donors (Lipinski definition) is 2. The third kappa shape index (κ3) is 2.52. The molecule has 16 heavy (non-hydrogen) atoms. The van der Waals surface area contributed by atoms with Crippen LogP contribution >= 0.6 is 0 Å². The Balaban J connectivity index is 2.05. The smallest absolute Gasteiger partial charge is 0.317 e. The van der Waals surface area contributed by atoms with Gasteiger partial charge in [0.1, 0.15) is 5.82 Å². The van der Waals surface area contributed by atoms with E-state index in [2.05, 4.69) is 15.4 Å². The number of hydrogen-bond acceptors (Lipinski definition) is 3. The second-order valence-corrected chi connectivity index (χ2v) is 4.85. The molecule has 0 bridgehead atoms. The number of piperidine rings is 1. The molecule has 2 heterocycles. The van der Waals surface area contributed by atoms with E-state index in [1.54, 1.807) is 4.68 Å². The van der Waals surface area contributed by atoms with Crippen molar-refractivity contribution in [2.75, 3.05) is 13.1 Å². The highest BCUT2D eigenvalue weighted by molar-refractivity contribution is 4.89. The topological polar surface area (TPSA) is 62.7 Å². The standard InChI is InChI=1S/C11H20N4O/c1-8(2)10-13-11(16)15(14-10)7-9-3-5-12-6-4-9/h8-9,12H,3-7H2,1-2H3,(H,13,14,16). The molecular weight excluding hydrogens is 204 g/mol. The fourth-order valence-electron chi connectivity index (χ4n) is 2.07. The molecular formula is C11H20N4O. The number of H-pyrrole nitrogens is 1. The number of rotatable bonds is 3. The maximum Gasteiger partial charge on any atom is 0.343 e. The van der Waals surface area contributed by atoms with E-state index >= 15 is 0 Å². The van der Waals surface area contributed by atoms with Gasteiger partial charge in [0.05, 0.1) is 0 Å². The summed E-state index contributed by atoms with van der Waals surface area (Å²) >= 11 is 0. The summed E-state index contributed by atoms with van der Waals surface area (Å²) in [5.41, 5.74) is -0.0674. The Morgan fingerprint density at radius 3 is 2.69 bits per heavy atom. The van der Waals surface area contributed by atoms with Gasteiger partial charge in [-0.1, -0.05) is 13.8 Å². The van der Waals surface area contributed by atoms with Gasteiger partial charge in [-0.25, -0.2) is 9.48 Å². The molecule has 90 valence electrons. The average molecular weight is 224 g/mol. The van der Waals surface area contributed by atoms with Crippen molar-refractivity contribution in [2.24, 2.45) is 5.92 Å². The van der Waals surface area contributed by atoms with Crippen molar-refractivity contribution < 1.29 is 0 Å². The van der Waals surface area contributed by atoms with Gasteiger partial charge in [0.15, 0.2) is 0 Å². The first-order valence-corrected chi connectivity index (χ1v) is 6.04. The third-order valence-corrected chi connectivity index (χ3v) is 3.13. The lowest BCUT2D eigenvalue weighted by molar-refractivity contribution is 0.316. The quantitative estimate of drug-likeness (QED) is 0.794. The second kappa shape index (κ2) is 4.82. The summed E-state index contributed by atoms with van der Waals surface area (Å²) in [5, 5.41) is 7.65. The molecule has 2 N–H and O–H groups in total. The van der Waals surface area contributed by atoms with Crippen molar-refractivity contribution >= 4 is 0 Å². The van der Waals surface area contributed by atoms with Crippen LogP contribution < -0.4 is 11.0 Å². The van der Waals surface area contributed by atoms with Crippen LogP contribution in [0.15, 0.2) is 4.79 Å². The fraction of sp³-hybridized carbons (Fsp3) is 0.818. The molecule has 1 saturated heterocycles. The van der Waals surface area contributed by atoms with Crippen LogP contribution in [0.4, 0.5) is 0 Å². The first-order chi connectivity index (χ1) is 7.66. The van der Waals surface area contributed by atoms with E-state index in [1.165, 1.54) is 0 Å². The molecule has 1 aromatic heterocycles. The highest BCUT2D eigenvalue weighted by Crippen LogP contribution is 2.13. The Labute approximate surface area is 95.2 Å². The lowest BCUT2D eigenvalue weighted by Gasteiger charge is -2.21. The molecule has 1 fully saturated rings. The van der Waals surface area contributed by atoms with E-state index in [4.69, 9.17) is 0 Å². The summed E-state index contributed by atoms with van der Waals surface area (Å²) in [4.78, 5) is 14.5. The van der Waals surface area contributed by atoms with Crippen LogP contribution in [0.5, 0.6) is 0 Å². The Morgan fingerprint density at radius 1 is 1.44 bits per heavy atom. The summed E-state index contributed by atoms with van der Waals surface area (Å²) < 4.78 is 1.59. The minimum absolute atomic E-state index is 0.0674. The summed E-state index contributed by atoms with van der Waals surface area (Å²) in [6.07, 6.45) is 2.27. The van der Waals surface area contributed by atoms with Crippen molar-refractivity contribution in [3.8, 4) is 0 Å². The molecule has 5 heteroatoms. The van der Waals surface area contributed by atoms with Gasteiger partial charge in [-0.2, -0.15) is 5.10 Å². The lowest BCUT2D eigenvalue weighted by Crippen LogP contribution is -2.32. The third-order valence-electron chi connectivity index (χ3n) is 3.13. The zero-order valence-corrected chi connectivity index (χ0v) is 9.99. The lowest BCUT2D eigenvalue weighted by atomic mass is 9.98. The van der Waals surface area contributed by atoms with E-state index in [-0.39, 0.29) is 11.6 Å². The Bertz CT molecular complexity index is 387. The minimum atomic E-state index is -0.0674. The Morgan fingerprint density at radius 2 is 2.12 bits per heavy atom. The van der Waals surface area contributed by atoms with E-state index in [0.717, 1.165) is 38.3 Å². The zero-order chi connectivity index (χ0) is 11.5. The summed E-state index contributed by atoms with van der Waals surface area (Å²) in [6.45, 7) is 6.94. The molecule has 0 spiro atoms. The molecule has 1 aliphatic heterocycles. The summed E-state index contributed by atoms with van der Waals surface area (Å²) in [7, 11) is 0. The number of aromatic nitrogens is 3. The average Bonchev–Trinajstić information content (AvgIpc) is 2.62. The molecule has 5 nitrogen and oxygen atoms in total. The summed E-state index contributed by atoms with van der Waals surface area (Å²) in [6, 6.07) is 0. The van der Waals surface area contributed by atoms with Crippen molar-refractivity contribution in [1.82, 2.24) is 20.1 Å². The largest absolute Gasteiger partial charge is 0.343 e. The van der Waals surface area contributed by atoms with E-state index in [1.807, 2.05) is 13.8 Å². The maximum absolute atomic E-state index is 11.6. The van der Waals surface area contributed by atoms with Crippen LogP contribution in [0, 0.1) is 5.92 Å². The first-order valence-electron chi connectivity index (χ1n) is 6.04. The Hall–Kier alpha value is -1.10. The molecule has 0 amide bonds. The number of nitrogens with one attached hydrogen (secondary N) is 2. The maximum atomic E-state index is 11.6. The van der Waals surface area contributed by atoms with Gasteiger partial charge in [0.25, 0.3) is 0 Å². The SMILES string of the molecule is CC(C)c1nn(CC2CCNCC2)c(=O)[nH]1. The molecule has 0 atom stereocenters. The molecule has 0 radical (unpaired) electrons. The molecule has 0 unspecified atom stereocenters. The van der Waals surface area contributed by atoms with Crippen molar-refractivity contribution in [3.05, 3.63) is 16.3 Å². The predicted molar refractivity (Wildman–Crippen MR) is 62.5 cm³/mol. The highest BCUT2D eigenvalue weighted by Gasteiger charge is 2.16. The van der Waals surface area contributed by atoms with Crippen LogP contribution in [0.3, 0.4) is 0 Å².